The van der Waals surface area contributed by atoms with E-state index >= 15 is 0 Å². The Labute approximate surface area is 166 Å². The largest absolute Gasteiger partial charge is 0.497 e. The molecule has 0 aliphatic rings. The summed E-state index contributed by atoms with van der Waals surface area (Å²) in [7, 11) is 1.63. The molecule has 0 unspecified atom stereocenters. The number of carbonyl (C=O) groups excluding carboxylic acids is 1. The van der Waals surface area contributed by atoms with Gasteiger partial charge in [0.15, 0.2) is 0 Å². The van der Waals surface area contributed by atoms with Crippen molar-refractivity contribution in [3.8, 4) is 22.7 Å². The van der Waals surface area contributed by atoms with Gasteiger partial charge in [-0.3, -0.25) is 4.79 Å². The summed E-state index contributed by atoms with van der Waals surface area (Å²) in [5.74, 6) is 0.741. The molecule has 0 saturated carbocycles. The van der Waals surface area contributed by atoms with Gasteiger partial charge in [0.05, 0.1) is 18.5 Å². The third-order valence-electron chi connectivity index (χ3n) is 5.10. The lowest BCUT2D eigenvalue weighted by atomic mass is 10.0. The van der Waals surface area contributed by atoms with E-state index in [1.165, 1.54) is 11.1 Å². The maximum atomic E-state index is 13.1. The Kier molecular flexibility index (Phi) is 5.83. The fourth-order valence-electron chi connectivity index (χ4n) is 3.17. The van der Waals surface area contributed by atoms with Crippen LogP contribution in [0.2, 0.25) is 0 Å². The fourth-order valence-corrected chi connectivity index (χ4v) is 3.17. The second-order valence-corrected chi connectivity index (χ2v) is 6.80. The van der Waals surface area contributed by atoms with Crippen LogP contribution >= 0.6 is 0 Å². The Morgan fingerprint density at radius 3 is 2.25 bits per heavy atom. The second kappa shape index (κ2) is 8.30. The minimum Gasteiger partial charge on any atom is -0.497 e. The van der Waals surface area contributed by atoms with Gasteiger partial charge in [-0.05, 0) is 75.2 Å². The number of benzene rings is 2. The summed E-state index contributed by atoms with van der Waals surface area (Å²) in [5.41, 5.74) is 5.61. The van der Waals surface area contributed by atoms with Gasteiger partial charge in [0.2, 0.25) is 0 Å². The molecule has 0 saturated heterocycles. The van der Waals surface area contributed by atoms with Crippen LogP contribution in [0, 0.1) is 13.8 Å². The molecule has 3 aromatic rings. The van der Waals surface area contributed by atoms with E-state index in [4.69, 9.17) is 9.84 Å². The molecule has 0 aliphatic heterocycles. The van der Waals surface area contributed by atoms with Crippen LogP contribution in [-0.4, -0.2) is 40.8 Å². The smallest absolute Gasteiger partial charge is 0.272 e. The normalized spacial score (nSPS) is 10.8. The van der Waals surface area contributed by atoms with Crippen molar-refractivity contribution in [1.29, 1.82) is 0 Å². The van der Waals surface area contributed by atoms with Gasteiger partial charge in [0.1, 0.15) is 11.4 Å². The van der Waals surface area contributed by atoms with Crippen molar-refractivity contribution in [2.75, 3.05) is 20.2 Å². The number of nitrogens with zero attached hydrogens (tertiary/aromatic N) is 3. The molecule has 0 spiro atoms. The zero-order chi connectivity index (χ0) is 20.3. The molecule has 5 nitrogen and oxygen atoms in total. The Morgan fingerprint density at radius 1 is 1.00 bits per heavy atom. The fraction of sp³-hybridized carbons (Fsp3) is 0.304. The van der Waals surface area contributed by atoms with Gasteiger partial charge in [-0.15, -0.1) is 0 Å². The molecule has 1 heterocycles. The molecule has 1 aromatic heterocycles. The van der Waals surface area contributed by atoms with Crippen molar-refractivity contribution >= 4 is 5.91 Å². The molecular formula is C23H27N3O2. The van der Waals surface area contributed by atoms with E-state index in [0.717, 1.165) is 22.7 Å². The van der Waals surface area contributed by atoms with Crippen molar-refractivity contribution in [3.63, 3.8) is 0 Å². The molecule has 0 N–H and O–H groups in total. The summed E-state index contributed by atoms with van der Waals surface area (Å²) in [6.07, 6.45) is 0. The number of aryl methyl sites for hydroxylation is 2. The molecule has 0 radical (unpaired) electrons. The molecule has 2 aromatic carbocycles. The van der Waals surface area contributed by atoms with E-state index in [0.29, 0.717) is 18.8 Å². The van der Waals surface area contributed by atoms with E-state index in [1.807, 2.05) is 44.2 Å². The third-order valence-corrected chi connectivity index (χ3v) is 5.10. The maximum Gasteiger partial charge on any atom is 0.272 e. The number of aromatic nitrogens is 2. The predicted molar refractivity (Wildman–Crippen MR) is 112 cm³/mol. The lowest BCUT2D eigenvalue weighted by molar-refractivity contribution is 0.0764. The van der Waals surface area contributed by atoms with Crippen LogP contribution in [0.25, 0.3) is 16.9 Å². The van der Waals surface area contributed by atoms with Crippen LogP contribution in [0.5, 0.6) is 5.75 Å². The minimum absolute atomic E-state index is 0.0246. The standard InChI is InChI=1S/C23H27N3O2/c1-6-25(7-2)23(27)22-15-21(18-9-8-16(3)17(4)14-18)24-26(22)19-10-12-20(28-5)13-11-19/h8-15H,6-7H2,1-5H3. The summed E-state index contributed by atoms with van der Waals surface area (Å²) in [6.45, 7) is 9.45. The highest BCUT2D eigenvalue weighted by atomic mass is 16.5. The summed E-state index contributed by atoms with van der Waals surface area (Å²) in [4.78, 5) is 14.9. The molecule has 0 atom stereocenters. The Morgan fingerprint density at radius 2 is 1.68 bits per heavy atom. The Hall–Kier alpha value is -3.08. The number of methoxy groups -OCH3 is 1. The molecular weight excluding hydrogens is 350 g/mol. The molecule has 3 rings (SSSR count). The molecule has 1 amide bonds. The topological polar surface area (TPSA) is 47.4 Å². The monoisotopic (exact) mass is 377 g/mol. The maximum absolute atomic E-state index is 13.1. The van der Waals surface area contributed by atoms with E-state index in [2.05, 4.69) is 32.0 Å². The van der Waals surface area contributed by atoms with Crippen molar-refractivity contribution in [1.82, 2.24) is 14.7 Å². The summed E-state index contributed by atoms with van der Waals surface area (Å²) < 4.78 is 6.98. The van der Waals surface area contributed by atoms with Crippen LogP contribution in [0.3, 0.4) is 0 Å². The van der Waals surface area contributed by atoms with Crippen molar-refractivity contribution < 1.29 is 9.53 Å². The average molecular weight is 377 g/mol. The summed E-state index contributed by atoms with van der Waals surface area (Å²) in [6, 6.07) is 15.7. The average Bonchev–Trinajstić information content (AvgIpc) is 3.16. The number of amides is 1. The van der Waals surface area contributed by atoms with Gasteiger partial charge in [-0.1, -0.05) is 12.1 Å². The van der Waals surface area contributed by atoms with Crippen molar-refractivity contribution in [2.24, 2.45) is 0 Å². The van der Waals surface area contributed by atoms with Gasteiger partial charge in [-0.2, -0.15) is 5.10 Å². The summed E-state index contributed by atoms with van der Waals surface area (Å²) in [5, 5.41) is 4.78. The molecule has 0 fully saturated rings. The molecule has 0 bridgehead atoms. The minimum atomic E-state index is -0.0246. The first kappa shape index (κ1) is 19.7. The first-order valence-corrected chi connectivity index (χ1v) is 9.59. The zero-order valence-electron chi connectivity index (χ0n) is 17.2. The highest BCUT2D eigenvalue weighted by molar-refractivity contribution is 5.94. The number of hydrogen-bond acceptors (Lipinski definition) is 3. The van der Waals surface area contributed by atoms with Crippen molar-refractivity contribution in [3.05, 3.63) is 65.4 Å². The van der Waals surface area contributed by atoms with Crippen LogP contribution in [-0.2, 0) is 0 Å². The molecule has 5 heteroatoms. The third kappa shape index (κ3) is 3.79. The highest BCUT2D eigenvalue weighted by Gasteiger charge is 2.21. The first-order valence-electron chi connectivity index (χ1n) is 9.59. The van der Waals surface area contributed by atoms with Gasteiger partial charge < -0.3 is 9.64 Å². The SMILES string of the molecule is CCN(CC)C(=O)c1cc(-c2ccc(C)c(C)c2)nn1-c1ccc(OC)cc1. The van der Waals surface area contributed by atoms with Gasteiger partial charge >= 0.3 is 0 Å². The quantitative estimate of drug-likeness (QED) is 0.628. The zero-order valence-corrected chi connectivity index (χ0v) is 17.2. The van der Waals surface area contributed by atoms with Crippen molar-refractivity contribution in [2.45, 2.75) is 27.7 Å². The lowest BCUT2D eigenvalue weighted by Gasteiger charge is -2.19. The Balaban J connectivity index is 2.13. The van der Waals surface area contributed by atoms with Crippen LogP contribution in [0.15, 0.2) is 48.5 Å². The Bertz CT molecular complexity index is 970. The number of ether oxygens (including phenoxy) is 1. The van der Waals surface area contributed by atoms with E-state index in [-0.39, 0.29) is 5.91 Å². The molecule has 146 valence electrons. The number of rotatable bonds is 6. The van der Waals surface area contributed by atoms with Crippen LogP contribution in [0.4, 0.5) is 0 Å². The van der Waals surface area contributed by atoms with Crippen LogP contribution in [0.1, 0.15) is 35.5 Å². The predicted octanol–water partition coefficient (Wildman–Crippen LogP) is 4.65. The number of hydrogen-bond donors (Lipinski definition) is 0. The molecule has 28 heavy (non-hydrogen) atoms. The second-order valence-electron chi connectivity index (χ2n) is 6.80. The highest BCUT2D eigenvalue weighted by Crippen LogP contribution is 2.25. The summed E-state index contributed by atoms with van der Waals surface area (Å²) >= 11 is 0. The van der Waals surface area contributed by atoms with E-state index in [9.17, 15) is 4.79 Å². The van der Waals surface area contributed by atoms with Crippen LogP contribution < -0.4 is 4.74 Å². The first-order chi connectivity index (χ1) is 13.5. The van der Waals surface area contributed by atoms with Gasteiger partial charge in [0, 0.05) is 18.7 Å². The molecule has 0 aliphatic carbocycles. The van der Waals surface area contributed by atoms with E-state index in [1.54, 1.807) is 16.7 Å². The lowest BCUT2D eigenvalue weighted by Crippen LogP contribution is -2.32. The van der Waals surface area contributed by atoms with Gasteiger partial charge in [-0.25, -0.2) is 4.68 Å². The van der Waals surface area contributed by atoms with E-state index < -0.39 is 0 Å². The number of carbonyl (C=O) groups is 1. The van der Waals surface area contributed by atoms with Gasteiger partial charge in [0.25, 0.3) is 5.91 Å².